The van der Waals surface area contributed by atoms with Crippen LogP contribution in [-0.2, 0) is 0 Å². The van der Waals surface area contributed by atoms with Gasteiger partial charge in [0.05, 0.1) is 11.1 Å². The molecule has 15 aromatic rings. The van der Waals surface area contributed by atoms with E-state index in [1.165, 1.54) is 0 Å². The molecule has 0 atom stereocenters. The number of hydrogen-bond acceptors (Lipinski definition) is 8. The Morgan fingerprint density at radius 3 is 0.800 bits per heavy atom. The Kier molecular flexibility index (Phi) is 11.3. The van der Waals surface area contributed by atoms with Crippen LogP contribution >= 0.6 is 0 Å². The van der Waals surface area contributed by atoms with E-state index in [-0.39, 0.29) is 0 Å². The number of hydrogen-bond donors (Lipinski definition) is 0. The number of furan rings is 2. The summed E-state index contributed by atoms with van der Waals surface area (Å²) in [7, 11) is 0. The Hall–Kier alpha value is -11.0. The van der Waals surface area contributed by atoms with Gasteiger partial charge in [0.2, 0.25) is 0 Å². The highest BCUT2D eigenvalue weighted by molar-refractivity contribution is 6.14. The van der Waals surface area contributed by atoms with Gasteiger partial charge in [-0.1, -0.05) is 243 Å². The van der Waals surface area contributed by atoms with Crippen molar-refractivity contribution in [1.29, 1.82) is 0 Å². The van der Waals surface area contributed by atoms with E-state index in [1.54, 1.807) is 0 Å². The molecule has 0 bridgehead atoms. The van der Waals surface area contributed by atoms with Gasteiger partial charge in [0.15, 0.2) is 34.9 Å². The van der Waals surface area contributed by atoms with Crippen LogP contribution in [0.25, 0.3) is 157 Å². The van der Waals surface area contributed by atoms with Crippen LogP contribution in [0.5, 0.6) is 0 Å². The van der Waals surface area contributed by atoms with Crippen LogP contribution in [0.1, 0.15) is 0 Å². The van der Waals surface area contributed by atoms with E-state index < -0.39 is 0 Å². The Bertz CT molecular complexity index is 4750. The molecule has 4 heterocycles. The Morgan fingerprint density at radius 2 is 0.425 bits per heavy atom. The first kappa shape index (κ1) is 46.4. The van der Waals surface area contributed by atoms with Crippen LogP contribution in [0.3, 0.4) is 0 Å². The topological polar surface area (TPSA) is 104 Å². The number of para-hydroxylation sites is 4. The van der Waals surface area contributed by atoms with Gasteiger partial charge < -0.3 is 8.83 Å². The highest BCUT2D eigenvalue weighted by Crippen LogP contribution is 2.43. The molecule has 0 aliphatic heterocycles. The minimum absolute atomic E-state index is 0.525. The number of rotatable bonds is 10. The maximum atomic E-state index is 6.96. The third-order valence-electron chi connectivity index (χ3n) is 14.8. The Morgan fingerprint density at radius 1 is 0.175 bits per heavy atom. The zero-order valence-electron chi connectivity index (χ0n) is 42.9. The summed E-state index contributed by atoms with van der Waals surface area (Å²) in [5.74, 6) is 3.38. The van der Waals surface area contributed by atoms with Crippen LogP contribution in [0.2, 0.25) is 0 Å². The third-order valence-corrected chi connectivity index (χ3v) is 14.8. The third kappa shape index (κ3) is 8.36. The zero-order valence-corrected chi connectivity index (χ0v) is 42.9. The summed E-state index contributed by atoms with van der Waals surface area (Å²) in [6.07, 6.45) is 0. The van der Waals surface area contributed by atoms with Crippen molar-refractivity contribution in [2.75, 3.05) is 0 Å². The second kappa shape index (κ2) is 19.6. The molecule has 0 aliphatic carbocycles. The molecule has 8 nitrogen and oxygen atoms in total. The second-order valence-corrected chi connectivity index (χ2v) is 19.7. The first-order valence-electron chi connectivity index (χ1n) is 26.6. The molecule has 0 fully saturated rings. The lowest BCUT2D eigenvalue weighted by Gasteiger charge is -2.10. The lowest BCUT2D eigenvalue weighted by molar-refractivity contribution is 0.670. The van der Waals surface area contributed by atoms with Crippen molar-refractivity contribution < 1.29 is 8.83 Å². The summed E-state index contributed by atoms with van der Waals surface area (Å²) < 4.78 is 13.9. The smallest absolute Gasteiger partial charge is 0.167 e. The normalized spacial score (nSPS) is 11.5. The predicted octanol–water partition coefficient (Wildman–Crippen LogP) is 18.5. The summed E-state index contributed by atoms with van der Waals surface area (Å²) in [4.78, 5) is 30.5. The van der Waals surface area contributed by atoms with Crippen LogP contribution < -0.4 is 0 Å². The highest BCUT2D eigenvalue weighted by Gasteiger charge is 2.22. The van der Waals surface area contributed by atoms with Gasteiger partial charge in [-0.3, -0.25) is 0 Å². The molecule has 11 aromatic carbocycles. The molecule has 15 rings (SSSR count). The van der Waals surface area contributed by atoms with E-state index in [4.69, 9.17) is 38.7 Å². The molecule has 0 saturated heterocycles. The van der Waals surface area contributed by atoms with Crippen molar-refractivity contribution >= 4 is 43.9 Å². The molecule has 0 aliphatic rings. The largest absolute Gasteiger partial charge is 0.455 e. The zero-order chi connectivity index (χ0) is 52.9. The summed E-state index contributed by atoms with van der Waals surface area (Å²) in [5.41, 5.74) is 16.7. The van der Waals surface area contributed by atoms with Crippen LogP contribution in [-0.4, -0.2) is 29.9 Å². The molecule has 0 saturated carbocycles. The van der Waals surface area contributed by atoms with Gasteiger partial charge in [-0.2, -0.15) is 0 Å². The van der Waals surface area contributed by atoms with Gasteiger partial charge >= 0.3 is 0 Å². The summed E-state index contributed by atoms with van der Waals surface area (Å²) >= 11 is 0. The van der Waals surface area contributed by atoms with Gasteiger partial charge in [-0.25, -0.2) is 29.9 Å². The average Bonchev–Trinajstić information content (AvgIpc) is 4.23. The minimum atomic E-state index is 0.525. The monoisotopic (exact) mass is 1020 g/mol. The Labute approximate surface area is 460 Å². The number of nitrogens with zero attached hydrogens (tertiary/aromatic N) is 6. The summed E-state index contributed by atoms with van der Waals surface area (Å²) in [6, 6.07) is 91.2. The van der Waals surface area contributed by atoms with Gasteiger partial charge in [0.25, 0.3) is 0 Å². The van der Waals surface area contributed by atoms with E-state index in [0.29, 0.717) is 40.5 Å². The average molecular weight is 1030 g/mol. The van der Waals surface area contributed by atoms with E-state index in [0.717, 1.165) is 116 Å². The van der Waals surface area contributed by atoms with Gasteiger partial charge in [-0.15, -0.1) is 0 Å². The maximum absolute atomic E-state index is 6.96. The molecule has 0 spiro atoms. The van der Waals surface area contributed by atoms with E-state index in [2.05, 4.69) is 152 Å². The standard InChI is InChI=1S/C72H44N6O2/c1-5-19-45(20-6-1)51-27-13-29-53(43-51)55-31-15-33-57-60-36-18-38-62(66(60)79-63(55)57)72-77-69(49-25-11-4-12-26-49)74-70(78-72)50-41-39-46(40-42-50)52-28-14-30-54(44-52)56-32-16-34-58-59-35-17-37-61(65(59)80-64(56)58)71-75-67(47-21-7-2-8-22-47)73-68(76-71)48-23-9-3-10-24-48/h1-44H. The molecular formula is C72H44N6O2. The van der Waals surface area contributed by atoms with Gasteiger partial charge in [0.1, 0.15) is 22.3 Å². The molecular weight excluding hydrogens is 981 g/mol. The SMILES string of the molecule is c1ccc(-c2cccc(-c3cccc4c3oc3c(-c5nc(-c6ccccc6)nc(-c6ccc(-c7cccc(-c8cccc9c8oc8c(-c%10nc(-c%11ccccc%11)nc(-c%11ccccc%11)n%10)cccc89)c7)cc6)n5)cccc34)c2)cc1. The summed E-state index contributed by atoms with van der Waals surface area (Å²) in [5, 5.41) is 4.00. The lowest BCUT2D eigenvalue weighted by Crippen LogP contribution is -2.00. The molecule has 0 amide bonds. The van der Waals surface area contributed by atoms with E-state index >= 15 is 0 Å². The molecule has 0 unspecified atom stereocenters. The van der Waals surface area contributed by atoms with Crippen molar-refractivity contribution in [3.8, 4) is 113 Å². The van der Waals surface area contributed by atoms with Crippen LogP contribution in [0.4, 0.5) is 0 Å². The van der Waals surface area contributed by atoms with Crippen molar-refractivity contribution in [2.24, 2.45) is 0 Å². The molecule has 0 radical (unpaired) electrons. The fraction of sp³-hybridized carbons (Fsp3) is 0. The van der Waals surface area contributed by atoms with Crippen LogP contribution in [0.15, 0.2) is 276 Å². The predicted molar refractivity (Wildman–Crippen MR) is 322 cm³/mol. The molecule has 0 N–H and O–H groups in total. The van der Waals surface area contributed by atoms with E-state index in [1.807, 2.05) is 115 Å². The molecule has 374 valence electrons. The van der Waals surface area contributed by atoms with E-state index in [9.17, 15) is 0 Å². The van der Waals surface area contributed by atoms with Crippen LogP contribution in [0, 0.1) is 0 Å². The highest BCUT2D eigenvalue weighted by atomic mass is 16.3. The quantitative estimate of drug-likeness (QED) is 0.133. The van der Waals surface area contributed by atoms with Crippen molar-refractivity contribution in [1.82, 2.24) is 29.9 Å². The van der Waals surface area contributed by atoms with Crippen molar-refractivity contribution in [2.45, 2.75) is 0 Å². The molecule has 4 aromatic heterocycles. The minimum Gasteiger partial charge on any atom is -0.455 e. The molecule has 80 heavy (non-hydrogen) atoms. The fourth-order valence-electron chi connectivity index (χ4n) is 10.9. The first-order chi connectivity index (χ1) is 39.6. The molecule has 8 heteroatoms. The van der Waals surface area contributed by atoms with Gasteiger partial charge in [0, 0.05) is 54.9 Å². The van der Waals surface area contributed by atoms with Crippen molar-refractivity contribution in [3.63, 3.8) is 0 Å². The fourth-order valence-corrected chi connectivity index (χ4v) is 10.9. The second-order valence-electron chi connectivity index (χ2n) is 19.7. The first-order valence-corrected chi connectivity index (χ1v) is 26.6. The summed E-state index contributed by atoms with van der Waals surface area (Å²) in [6.45, 7) is 0. The Balaban J connectivity index is 0.784. The van der Waals surface area contributed by atoms with Crippen molar-refractivity contribution in [3.05, 3.63) is 267 Å². The number of benzene rings is 11. The lowest BCUT2D eigenvalue weighted by atomic mass is 9.97. The van der Waals surface area contributed by atoms with Gasteiger partial charge in [-0.05, 0) is 57.6 Å². The maximum Gasteiger partial charge on any atom is 0.167 e. The number of aromatic nitrogens is 6. The number of fused-ring (bicyclic) bond motifs is 6.